The number of rotatable bonds is 10. The topological polar surface area (TPSA) is 85.7 Å². The second kappa shape index (κ2) is 12.2. The van der Waals surface area contributed by atoms with Gasteiger partial charge in [-0.3, -0.25) is 14.5 Å². The van der Waals surface area contributed by atoms with Crippen molar-refractivity contribution in [3.05, 3.63) is 52.7 Å². The van der Waals surface area contributed by atoms with Crippen molar-refractivity contribution in [1.82, 2.24) is 10.2 Å². The highest BCUT2D eigenvalue weighted by Crippen LogP contribution is 2.25. The van der Waals surface area contributed by atoms with E-state index in [0.29, 0.717) is 26.3 Å². The number of ether oxygens (including phenoxy) is 1. The number of hydrogen-bond donors (Lipinski definition) is 1. The maximum Gasteiger partial charge on any atom is 0.227 e. The molecule has 31 heavy (non-hydrogen) atoms. The van der Waals surface area contributed by atoms with E-state index in [1.165, 1.54) is 4.88 Å². The number of benzene rings is 1. The molecule has 1 aliphatic heterocycles. The van der Waals surface area contributed by atoms with Gasteiger partial charge in [0.15, 0.2) is 0 Å². The first-order valence-corrected chi connectivity index (χ1v) is 11.4. The molecule has 0 spiro atoms. The number of carbonyl (C=O) groups excluding carboxylic acids is 2. The molecule has 0 aliphatic carbocycles. The van der Waals surface area contributed by atoms with Crippen molar-refractivity contribution in [2.24, 2.45) is 0 Å². The zero-order valence-electron chi connectivity index (χ0n) is 17.5. The molecule has 1 saturated heterocycles. The fraction of sp³-hybridized carbons (Fsp3) is 0.435. The normalized spacial score (nSPS) is 15.1. The van der Waals surface area contributed by atoms with E-state index in [1.54, 1.807) is 16.2 Å². The van der Waals surface area contributed by atoms with Crippen LogP contribution < -0.4 is 10.2 Å². The zero-order valence-corrected chi connectivity index (χ0v) is 18.4. The van der Waals surface area contributed by atoms with Crippen LogP contribution in [0, 0.1) is 11.3 Å². The number of anilines is 1. The number of nitrogens with one attached hydrogen (secondary N) is 1. The maximum atomic E-state index is 12.7. The van der Waals surface area contributed by atoms with Crippen molar-refractivity contribution in [1.29, 1.82) is 5.26 Å². The van der Waals surface area contributed by atoms with Crippen LogP contribution in [0.2, 0.25) is 0 Å². The molecule has 3 rings (SSSR count). The van der Waals surface area contributed by atoms with E-state index in [4.69, 9.17) is 10.00 Å². The summed E-state index contributed by atoms with van der Waals surface area (Å²) in [7, 11) is 0. The van der Waals surface area contributed by atoms with E-state index in [2.05, 4.69) is 22.4 Å². The molecule has 1 N–H and O–H groups in total. The number of morpholine rings is 1. The molecule has 1 aromatic heterocycles. The van der Waals surface area contributed by atoms with Crippen molar-refractivity contribution in [2.75, 3.05) is 44.3 Å². The Kier molecular flexibility index (Phi) is 9.03. The summed E-state index contributed by atoms with van der Waals surface area (Å²) >= 11 is 1.68. The second-order valence-electron chi connectivity index (χ2n) is 7.27. The third kappa shape index (κ3) is 6.89. The Morgan fingerprint density at radius 1 is 1.16 bits per heavy atom. The molecular formula is C23H28N4O3S. The molecule has 1 atom stereocenters. The molecule has 1 fully saturated rings. The van der Waals surface area contributed by atoms with Crippen LogP contribution in [0.15, 0.2) is 47.8 Å². The van der Waals surface area contributed by atoms with Crippen LogP contribution >= 0.6 is 11.3 Å². The number of carbonyl (C=O) groups is 2. The molecule has 2 amide bonds. The third-order valence-corrected chi connectivity index (χ3v) is 6.21. The van der Waals surface area contributed by atoms with Gasteiger partial charge in [0.25, 0.3) is 0 Å². The Balaban J connectivity index is 1.53. The molecule has 0 saturated carbocycles. The first-order valence-electron chi connectivity index (χ1n) is 10.5. The lowest BCUT2D eigenvalue weighted by Crippen LogP contribution is -2.43. The van der Waals surface area contributed by atoms with Gasteiger partial charge in [-0.2, -0.15) is 5.26 Å². The van der Waals surface area contributed by atoms with Crippen molar-refractivity contribution < 1.29 is 14.3 Å². The Hall–Kier alpha value is -2.73. The van der Waals surface area contributed by atoms with Crippen LogP contribution in [0.25, 0.3) is 0 Å². The molecule has 0 radical (unpaired) electrons. The van der Waals surface area contributed by atoms with E-state index in [9.17, 15) is 9.59 Å². The molecule has 1 aromatic carbocycles. The number of nitrogens with zero attached hydrogens (tertiary/aromatic N) is 3. The minimum Gasteiger partial charge on any atom is -0.379 e. The Labute approximate surface area is 187 Å². The van der Waals surface area contributed by atoms with Crippen LogP contribution in [-0.2, 0) is 14.3 Å². The number of thiophene rings is 1. The van der Waals surface area contributed by atoms with Gasteiger partial charge in [0.1, 0.15) is 0 Å². The van der Waals surface area contributed by atoms with Crippen LogP contribution in [-0.4, -0.2) is 56.1 Å². The Bertz CT molecular complexity index is 861. The van der Waals surface area contributed by atoms with E-state index in [1.807, 2.05) is 41.8 Å². The fourth-order valence-electron chi connectivity index (χ4n) is 3.60. The lowest BCUT2D eigenvalue weighted by molar-refractivity contribution is -0.125. The zero-order chi connectivity index (χ0) is 21.9. The van der Waals surface area contributed by atoms with Crippen LogP contribution in [0.3, 0.4) is 0 Å². The summed E-state index contributed by atoms with van der Waals surface area (Å²) in [4.78, 5) is 30.4. The van der Waals surface area contributed by atoms with Crippen molar-refractivity contribution in [3.8, 4) is 6.07 Å². The quantitative estimate of drug-likeness (QED) is 0.614. The minimum absolute atomic E-state index is 0.105. The lowest BCUT2D eigenvalue weighted by Gasteiger charge is -2.34. The summed E-state index contributed by atoms with van der Waals surface area (Å²) in [6.07, 6.45) is 0.469. The van der Waals surface area contributed by atoms with Gasteiger partial charge in [0, 0.05) is 49.6 Å². The van der Waals surface area contributed by atoms with Gasteiger partial charge in [0.05, 0.1) is 31.7 Å². The molecule has 1 aliphatic rings. The number of hydrogen-bond acceptors (Lipinski definition) is 6. The van der Waals surface area contributed by atoms with E-state index >= 15 is 0 Å². The van der Waals surface area contributed by atoms with Crippen LogP contribution in [0.1, 0.15) is 30.2 Å². The average molecular weight is 441 g/mol. The molecule has 2 aromatic rings. The largest absolute Gasteiger partial charge is 0.379 e. The second-order valence-corrected chi connectivity index (χ2v) is 8.25. The average Bonchev–Trinajstić information content (AvgIpc) is 3.34. The first-order chi connectivity index (χ1) is 15.2. The van der Waals surface area contributed by atoms with Gasteiger partial charge in [0.2, 0.25) is 11.8 Å². The van der Waals surface area contributed by atoms with Crippen LogP contribution in [0.5, 0.6) is 0 Å². The smallest absolute Gasteiger partial charge is 0.227 e. The highest BCUT2D eigenvalue weighted by Gasteiger charge is 2.24. The lowest BCUT2D eigenvalue weighted by atomic mass is 10.1. The highest BCUT2D eigenvalue weighted by molar-refractivity contribution is 7.10. The monoisotopic (exact) mass is 440 g/mol. The standard InChI is InChI=1S/C23H28N4O3S/c24-11-5-12-27(19-6-2-1-3-7-19)23(29)10-9-22(28)25-18-20(21-8-4-17-31-21)26-13-15-30-16-14-26/h1-4,6-8,17,20H,5,9-10,12-16,18H2,(H,25,28). The summed E-state index contributed by atoms with van der Waals surface area (Å²) in [5.41, 5.74) is 0.744. The predicted octanol–water partition coefficient (Wildman–Crippen LogP) is 2.96. The third-order valence-electron chi connectivity index (χ3n) is 5.23. The molecule has 7 nitrogen and oxygen atoms in total. The van der Waals surface area contributed by atoms with Gasteiger partial charge < -0.3 is 15.0 Å². The molecular weight excluding hydrogens is 412 g/mol. The van der Waals surface area contributed by atoms with Crippen molar-refractivity contribution >= 4 is 28.8 Å². The Morgan fingerprint density at radius 3 is 2.61 bits per heavy atom. The van der Waals surface area contributed by atoms with E-state index in [-0.39, 0.29) is 37.1 Å². The SMILES string of the molecule is N#CCCN(C(=O)CCC(=O)NCC(c1cccs1)N1CCOCC1)c1ccccc1. The minimum atomic E-state index is -0.153. The van der Waals surface area contributed by atoms with Crippen molar-refractivity contribution in [3.63, 3.8) is 0 Å². The summed E-state index contributed by atoms with van der Waals surface area (Å²) < 4.78 is 5.46. The van der Waals surface area contributed by atoms with E-state index in [0.717, 1.165) is 18.8 Å². The predicted molar refractivity (Wildman–Crippen MR) is 121 cm³/mol. The fourth-order valence-corrected chi connectivity index (χ4v) is 4.46. The number of amides is 2. The molecule has 1 unspecified atom stereocenters. The van der Waals surface area contributed by atoms with Gasteiger partial charge >= 0.3 is 0 Å². The summed E-state index contributed by atoms with van der Waals surface area (Å²) in [5.74, 6) is -0.295. The number of nitriles is 1. The first kappa shape index (κ1) is 22.9. The molecule has 164 valence electrons. The molecule has 0 bridgehead atoms. The maximum absolute atomic E-state index is 12.7. The molecule has 2 heterocycles. The summed E-state index contributed by atoms with van der Waals surface area (Å²) in [6.45, 7) is 3.89. The number of para-hydroxylation sites is 1. The van der Waals surface area contributed by atoms with Crippen molar-refractivity contribution in [2.45, 2.75) is 25.3 Å². The highest BCUT2D eigenvalue weighted by atomic mass is 32.1. The van der Waals surface area contributed by atoms with Gasteiger partial charge in [-0.1, -0.05) is 24.3 Å². The summed E-state index contributed by atoms with van der Waals surface area (Å²) in [5, 5.41) is 14.0. The van der Waals surface area contributed by atoms with Gasteiger partial charge in [-0.25, -0.2) is 0 Å². The van der Waals surface area contributed by atoms with Gasteiger partial charge in [-0.15, -0.1) is 11.3 Å². The van der Waals surface area contributed by atoms with E-state index < -0.39 is 0 Å². The molecule has 8 heteroatoms. The summed E-state index contributed by atoms with van der Waals surface area (Å²) in [6, 6.07) is 15.6. The van der Waals surface area contributed by atoms with Gasteiger partial charge in [-0.05, 0) is 23.6 Å². The van der Waals surface area contributed by atoms with Crippen LogP contribution in [0.4, 0.5) is 5.69 Å². The Morgan fingerprint density at radius 2 is 1.94 bits per heavy atom.